The molecule has 1 aromatic heterocycles. The number of nitrogens with zero attached hydrogens (tertiary/aromatic N) is 4. The summed E-state index contributed by atoms with van der Waals surface area (Å²) < 4.78 is 108. The molecule has 2 unspecified atom stereocenters. The van der Waals surface area contributed by atoms with E-state index in [1.54, 1.807) is 0 Å². The molecule has 1 heterocycles. The van der Waals surface area contributed by atoms with E-state index in [0.29, 0.717) is 21.7 Å². The largest absolute Gasteiger partial charge is 0.604 e. The van der Waals surface area contributed by atoms with Crippen LogP contribution in [0.25, 0.3) is 5.69 Å². The monoisotopic (exact) mass is 680 g/mol. The van der Waals surface area contributed by atoms with Gasteiger partial charge in [-0.2, -0.15) is 18.4 Å². The van der Waals surface area contributed by atoms with Crippen molar-refractivity contribution in [2.24, 2.45) is 0 Å². The zero-order chi connectivity index (χ0) is 32.9. The van der Waals surface area contributed by atoms with Gasteiger partial charge in [-0.05, 0) is 12.1 Å². The summed E-state index contributed by atoms with van der Waals surface area (Å²) in [7, 11) is 0.796. The lowest BCUT2D eigenvalue weighted by molar-refractivity contribution is -0.161. The van der Waals surface area contributed by atoms with Crippen molar-refractivity contribution in [3.63, 3.8) is 0 Å². The Morgan fingerprint density at radius 1 is 1.07 bits per heavy atom. The van der Waals surface area contributed by atoms with Crippen LogP contribution >= 0.6 is 23.2 Å². The van der Waals surface area contributed by atoms with Crippen LogP contribution in [0.5, 0.6) is 0 Å². The molecule has 1 amide bonds. The van der Waals surface area contributed by atoms with Gasteiger partial charge in [0.2, 0.25) is 10.6 Å². The number of benzene rings is 1. The molecule has 0 fully saturated rings. The Labute approximate surface area is 252 Å². The van der Waals surface area contributed by atoms with Gasteiger partial charge in [-0.25, -0.2) is 9.48 Å². The first-order valence-electron chi connectivity index (χ1n) is 11.7. The van der Waals surface area contributed by atoms with Crippen LogP contribution in [0.15, 0.2) is 17.0 Å². The summed E-state index contributed by atoms with van der Waals surface area (Å²) >= 11 is 7.96. The van der Waals surface area contributed by atoms with Gasteiger partial charge in [0, 0.05) is 19.9 Å². The third-order valence-corrected chi connectivity index (χ3v) is 6.91. The normalized spacial score (nSPS) is 13.1. The standard InChI is InChI=1S/C23H20Cl2F6N4O7S/c1-4-16(36)40-9-12(42-17(37)5-2)10-41-21(38)34(3)20-19(43(39)23(29,30)31)15(8-32)33-35(20)18-13(24)6-11(7-14(18)25)22(26,27)28/h6-7,12H,4-5,9-10H2,1-3H3. The molecule has 236 valence electrons. The van der Waals surface area contributed by atoms with E-state index in [1.165, 1.54) is 19.9 Å². The van der Waals surface area contributed by atoms with E-state index in [0.717, 1.165) is 7.05 Å². The van der Waals surface area contributed by atoms with E-state index >= 15 is 0 Å². The molecule has 2 rings (SSSR count). The first-order valence-corrected chi connectivity index (χ1v) is 13.6. The highest BCUT2D eigenvalue weighted by Crippen LogP contribution is 2.43. The Hall–Kier alpha value is -3.40. The number of halogens is 8. The second-order valence-corrected chi connectivity index (χ2v) is 10.4. The predicted octanol–water partition coefficient (Wildman–Crippen LogP) is 5.54. The lowest BCUT2D eigenvalue weighted by Gasteiger charge is -2.23. The van der Waals surface area contributed by atoms with Gasteiger partial charge < -0.3 is 18.8 Å². The molecular weight excluding hydrogens is 661 g/mol. The number of anilines is 1. The summed E-state index contributed by atoms with van der Waals surface area (Å²) in [6.07, 6.45) is -7.98. The molecule has 0 spiro atoms. The van der Waals surface area contributed by atoms with Crippen molar-refractivity contribution in [3.05, 3.63) is 33.4 Å². The number of esters is 2. The Morgan fingerprint density at radius 3 is 2.07 bits per heavy atom. The minimum atomic E-state index is -5.50. The number of nitriles is 1. The van der Waals surface area contributed by atoms with E-state index in [-0.39, 0.29) is 12.8 Å². The fourth-order valence-electron chi connectivity index (χ4n) is 3.16. The molecule has 0 aliphatic heterocycles. The molecule has 0 aliphatic carbocycles. The highest BCUT2D eigenvalue weighted by Gasteiger charge is 2.51. The summed E-state index contributed by atoms with van der Waals surface area (Å²) in [6, 6.07) is 2.01. The van der Waals surface area contributed by atoms with Crippen LogP contribution in [-0.2, 0) is 41.2 Å². The van der Waals surface area contributed by atoms with E-state index in [2.05, 4.69) is 5.10 Å². The zero-order valence-corrected chi connectivity index (χ0v) is 24.5. The van der Waals surface area contributed by atoms with Gasteiger partial charge in [0.25, 0.3) is 0 Å². The molecule has 0 radical (unpaired) electrons. The Bertz CT molecular complexity index is 1390. The summed E-state index contributed by atoms with van der Waals surface area (Å²) in [5.41, 5.74) is -8.69. The van der Waals surface area contributed by atoms with E-state index in [9.17, 15) is 50.5 Å². The maximum Gasteiger partial charge on any atom is 0.578 e. The fourth-order valence-corrected chi connectivity index (χ4v) is 4.69. The van der Waals surface area contributed by atoms with Crippen LogP contribution in [-0.4, -0.2) is 64.2 Å². The molecule has 0 N–H and O–H groups in total. The van der Waals surface area contributed by atoms with Gasteiger partial charge in [-0.15, -0.1) is 18.3 Å². The Morgan fingerprint density at radius 2 is 1.60 bits per heavy atom. The molecule has 11 nitrogen and oxygen atoms in total. The number of hydrogen-bond acceptors (Lipinski definition) is 9. The molecule has 2 atom stereocenters. The number of ether oxygens (including phenoxy) is 3. The Kier molecular flexibility index (Phi) is 12.0. The first kappa shape index (κ1) is 35.8. The van der Waals surface area contributed by atoms with E-state index < -0.39 is 97.9 Å². The average molecular weight is 681 g/mol. The second-order valence-electron chi connectivity index (χ2n) is 8.16. The van der Waals surface area contributed by atoms with Crippen molar-refractivity contribution >= 4 is 58.2 Å². The number of aromatic nitrogens is 2. The molecule has 1 aromatic carbocycles. The quantitative estimate of drug-likeness (QED) is 0.136. The third kappa shape index (κ3) is 8.81. The summed E-state index contributed by atoms with van der Waals surface area (Å²) in [4.78, 5) is 35.2. The van der Waals surface area contributed by atoms with Gasteiger partial charge in [0.05, 0.1) is 15.6 Å². The van der Waals surface area contributed by atoms with E-state index in [1.807, 2.05) is 0 Å². The number of rotatable bonds is 10. The molecule has 0 saturated carbocycles. The van der Waals surface area contributed by atoms with Crippen LogP contribution in [0.3, 0.4) is 0 Å². The molecular formula is C23H20Cl2F6N4O7S. The minimum Gasteiger partial charge on any atom is -0.604 e. The van der Waals surface area contributed by atoms with Gasteiger partial charge in [0.15, 0.2) is 11.9 Å². The van der Waals surface area contributed by atoms with Crippen molar-refractivity contribution in [1.29, 1.82) is 5.26 Å². The number of carbonyl (C=O) groups excluding carboxylic acids is 3. The fraction of sp³-hybridized carbons (Fsp3) is 0.435. The van der Waals surface area contributed by atoms with Crippen molar-refractivity contribution in [2.75, 3.05) is 25.2 Å². The highest BCUT2D eigenvalue weighted by atomic mass is 35.5. The van der Waals surface area contributed by atoms with Crippen LogP contribution in [0.4, 0.5) is 37.0 Å². The van der Waals surface area contributed by atoms with E-state index in [4.69, 9.17) is 37.4 Å². The van der Waals surface area contributed by atoms with Crippen LogP contribution < -0.4 is 4.90 Å². The molecule has 0 aliphatic rings. The van der Waals surface area contributed by atoms with Gasteiger partial charge in [-0.1, -0.05) is 37.0 Å². The molecule has 20 heteroatoms. The first-order chi connectivity index (χ1) is 19.9. The lowest BCUT2D eigenvalue weighted by Crippen LogP contribution is -2.36. The van der Waals surface area contributed by atoms with Gasteiger partial charge >= 0.3 is 29.7 Å². The SMILES string of the molecule is CCC(=O)OCC(COC(=O)N(C)c1c([S+]([O-])C(F)(F)F)c(C#N)nn1-c1c(Cl)cc(C(F)(F)F)cc1Cl)OC(=O)CC. The van der Waals surface area contributed by atoms with Gasteiger partial charge in [-0.3, -0.25) is 14.5 Å². The molecule has 0 saturated heterocycles. The number of amides is 1. The zero-order valence-electron chi connectivity index (χ0n) is 22.1. The number of hydrogen-bond donors (Lipinski definition) is 0. The Balaban J connectivity index is 2.64. The lowest BCUT2D eigenvalue weighted by atomic mass is 10.2. The maximum atomic E-state index is 13.6. The van der Waals surface area contributed by atoms with Crippen molar-refractivity contribution in [2.45, 2.75) is 49.4 Å². The average Bonchev–Trinajstić information content (AvgIpc) is 3.30. The minimum absolute atomic E-state index is 0.0453. The summed E-state index contributed by atoms with van der Waals surface area (Å²) in [5.74, 6) is -2.54. The van der Waals surface area contributed by atoms with Gasteiger partial charge in [0.1, 0.15) is 36.1 Å². The number of alkyl halides is 6. The molecule has 0 bridgehead atoms. The maximum absolute atomic E-state index is 13.6. The van der Waals surface area contributed by atoms with Crippen LogP contribution in [0, 0.1) is 11.3 Å². The number of carbonyl (C=O) groups is 3. The van der Waals surface area contributed by atoms with Crippen LogP contribution in [0.1, 0.15) is 37.9 Å². The molecule has 2 aromatic rings. The third-order valence-electron chi connectivity index (χ3n) is 5.17. The summed E-state index contributed by atoms with van der Waals surface area (Å²) in [5, 5.41) is 11.4. The van der Waals surface area contributed by atoms with Crippen molar-refractivity contribution < 1.29 is 59.5 Å². The second kappa shape index (κ2) is 14.4. The predicted molar refractivity (Wildman–Crippen MR) is 137 cm³/mol. The van der Waals surface area contributed by atoms with Crippen LogP contribution in [0.2, 0.25) is 10.0 Å². The highest BCUT2D eigenvalue weighted by molar-refractivity contribution is 7.92. The smallest absolute Gasteiger partial charge is 0.578 e. The van der Waals surface area contributed by atoms with Crippen molar-refractivity contribution in [3.8, 4) is 11.8 Å². The summed E-state index contributed by atoms with van der Waals surface area (Å²) in [6.45, 7) is 1.54. The molecule has 43 heavy (non-hydrogen) atoms. The topological polar surface area (TPSA) is 147 Å². The van der Waals surface area contributed by atoms with Crippen molar-refractivity contribution in [1.82, 2.24) is 9.78 Å².